The molecule has 0 saturated carbocycles. The first-order valence-electron chi connectivity index (χ1n) is 5.84. The Morgan fingerprint density at radius 3 is 3.12 bits per heavy atom. The highest BCUT2D eigenvalue weighted by molar-refractivity contribution is 7.12. The first kappa shape index (κ1) is 10.7. The second-order valence-electron chi connectivity index (χ2n) is 4.89. The summed E-state index contributed by atoms with van der Waals surface area (Å²) in [7, 11) is 0. The van der Waals surface area contributed by atoms with Crippen molar-refractivity contribution in [3.8, 4) is 0 Å². The Hall–Kier alpha value is -1.42. The summed E-state index contributed by atoms with van der Waals surface area (Å²) >= 11 is 1.62. The van der Waals surface area contributed by atoms with Crippen molar-refractivity contribution in [1.29, 1.82) is 0 Å². The second kappa shape index (κ2) is 3.81. The molecule has 0 aliphatic carbocycles. The van der Waals surface area contributed by atoms with Crippen molar-refractivity contribution in [2.24, 2.45) is 16.8 Å². The van der Waals surface area contributed by atoms with Gasteiger partial charge in [-0.25, -0.2) is 0 Å². The van der Waals surface area contributed by atoms with Crippen molar-refractivity contribution in [2.75, 3.05) is 0 Å². The minimum atomic E-state index is 0.159. The Bertz CT molecular complexity index is 552. The third-order valence-electron chi connectivity index (χ3n) is 3.15. The summed E-state index contributed by atoms with van der Waals surface area (Å²) in [4.78, 5) is 5.37. The molecule has 88 valence electrons. The van der Waals surface area contributed by atoms with Gasteiger partial charge in [-0.15, -0.1) is 11.3 Å². The normalized spacial score (nSPS) is 21.8. The molecule has 0 saturated heterocycles. The highest BCUT2D eigenvalue weighted by Gasteiger charge is 2.39. The van der Waals surface area contributed by atoms with Crippen molar-refractivity contribution in [1.82, 2.24) is 0 Å². The van der Waals surface area contributed by atoms with Crippen LogP contribution in [0.5, 0.6) is 0 Å². The first-order valence-corrected chi connectivity index (χ1v) is 6.72. The predicted octanol–water partition coefficient (Wildman–Crippen LogP) is 3.43. The van der Waals surface area contributed by atoms with Gasteiger partial charge in [0.25, 0.3) is 0 Å². The fraction of sp³-hybridized carbons (Fsp3) is 0.385. The quantitative estimate of drug-likeness (QED) is 0.582. The van der Waals surface area contributed by atoms with E-state index in [1.807, 2.05) is 23.9 Å². The molecule has 1 atom stereocenters. The van der Waals surface area contributed by atoms with Crippen molar-refractivity contribution >= 4 is 34.5 Å². The highest BCUT2D eigenvalue weighted by Crippen LogP contribution is 2.41. The zero-order valence-electron chi connectivity index (χ0n) is 9.88. The fourth-order valence-electron chi connectivity index (χ4n) is 2.47. The molecule has 0 fully saturated rings. The van der Waals surface area contributed by atoms with Gasteiger partial charge in [0.15, 0.2) is 0 Å². The third-order valence-corrected chi connectivity index (χ3v) is 4.09. The number of hydrogen-bond donors (Lipinski definition) is 0. The molecule has 1 aromatic heterocycles. The van der Waals surface area contributed by atoms with E-state index in [1.165, 1.54) is 0 Å². The smallest absolute Gasteiger partial charge is 0.235 e. The standard InChI is InChI=1S/C13H14N2OS/c1-8(2)5-9-6-14-7-10-12(9)15(16)11-3-4-17-13(10)11/h3-4,6-9H,5H2,1-2H3. The molecule has 2 aliphatic heterocycles. The van der Waals surface area contributed by atoms with E-state index in [0.29, 0.717) is 5.92 Å². The Morgan fingerprint density at radius 1 is 1.53 bits per heavy atom. The van der Waals surface area contributed by atoms with Crippen LogP contribution in [0.1, 0.15) is 25.1 Å². The van der Waals surface area contributed by atoms with Gasteiger partial charge in [0, 0.05) is 18.5 Å². The molecule has 0 amide bonds. The lowest BCUT2D eigenvalue weighted by Crippen LogP contribution is -2.24. The average Bonchev–Trinajstić information content (AvgIpc) is 2.83. The molecule has 0 N–H and O–H groups in total. The first-order chi connectivity index (χ1) is 8.18. The van der Waals surface area contributed by atoms with Crippen LogP contribution in [0.2, 0.25) is 0 Å². The molecule has 3 nitrogen and oxygen atoms in total. The number of thiophene rings is 1. The van der Waals surface area contributed by atoms with Gasteiger partial charge in [0.1, 0.15) is 4.88 Å². The number of hydrogen-bond acceptors (Lipinski definition) is 3. The fourth-order valence-corrected chi connectivity index (χ4v) is 3.36. The molecule has 0 radical (unpaired) electrons. The Morgan fingerprint density at radius 2 is 2.35 bits per heavy atom. The number of aliphatic imine (C=N–C) groups is 1. The van der Waals surface area contributed by atoms with Crippen LogP contribution in [0.3, 0.4) is 0 Å². The predicted molar refractivity (Wildman–Crippen MR) is 72.0 cm³/mol. The molecule has 3 heterocycles. The van der Waals surface area contributed by atoms with E-state index in [1.54, 1.807) is 11.3 Å². The zero-order chi connectivity index (χ0) is 12.0. The van der Waals surface area contributed by atoms with Crippen LogP contribution in [0, 0.1) is 17.0 Å². The van der Waals surface area contributed by atoms with Crippen LogP contribution in [0.4, 0.5) is 5.69 Å². The number of allylic oxidation sites excluding steroid dienone is 1. The van der Waals surface area contributed by atoms with Gasteiger partial charge in [0.2, 0.25) is 11.4 Å². The van der Waals surface area contributed by atoms with E-state index in [9.17, 15) is 5.21 Å². The van der Waals surface area contributed by atoms with Crippen molar-refractivity contribution < 1.29 is 4.74 Å². The van der Waals surface area contributed by atoms with Gasteiger partial charge in [-0.2, -0.15) is 4.74 Å². The van der Waals surface area contributed by atoms with Gasteiger partial charge in [0.05, 0.1) is 11.5 Å². The van der Waals surface area contributed by atoms with Crippen LogP contribution in [0.25, 0.3) is 5.57 Å². The minimum absolute atomic E-state index is 0.159. The number of rotatable bonds is 2. The van der Waals surface area contributed by atoms with Crippen molar-refractivity contribution in [2.45, 2.75) is 20.3 Å². The highest BCUT2D eigenvalue weighted by atomic mass is 32.1. The molecule has 4 heteroatoms. The van der Waals surface area contributed by atoms with Crippen LogP contribution >= 0.6 is 11.3 Å². The van der Waals surface area contributed by atoms with E-state index >= 15 is 0 Å². The van der Waals surface area contributed by atoms with Gasteiger partial charge in [-0.1, -0.05) is 13.8 Å². The maximum Gasteiger partial charge on any atom is 0.235 e. The maximum absolute atomic E-state index is 12.3. The Balaban J connectivity index is 2.07. The summed E-state index contributed by atoms with van der Waals surface area (Å²) in [5.41, 5.74) is 2.70. The molecule has 1 unspecified atom stereocenters. The SMILES string of the molecule is CC(C)CC1C=NC=C2C1=[N+]([O-])c1ccsc12. The maximum atomic E-state index is 12.3. The molecule has 1 aromatic rings. The van der Waals surface area contributed by atoms with Crippen molar-refractivity contribution in [3.05, 3.63) is 27.7 Å². The molecule has 2 aliphatic rings. The Labute approximate surface area is 104 Å². The summed E-state index contributed by atoms with van der Waals surface area (Å²) in [6.45, 7) is 4.35. The van der Waals surface area contributed by atoms with Crippen LogP contribution in [-0.4, -0.2) is 16.7 Å². The summed E-state index contributed by atoms with van der Waals surface area (Å²) in [6, 6.07) is 1.89. The molecular formula is C13H14N2OS. The second-order valence-corrected chi connectivity index (χ2v) is 5.81. The van der Waals surface area contributed by atoms with Gasteiger partial charge in [-0.05, 0) is 17.7 Å². The lowest BCUT2D eigenvalue weighted by atomic mass is 9.89. The van der Waals surface area contributed by atoms with Gasteiger partial charge < -0.3 is 5.21 Å². The van der Waals surface area contributed by atoms with Crippen LogP contribution in [-0.2, 0) is 0 Å². The van der Waals surface area contributed by atoms with Gasteiger partial charge in [-0.3, -0.25) is 4.99 Å². The average molecular weight is 246 g/mol. The largest absolute Gasteiger partial charge is 0.618 e. The summed E-state index contributed by atoms with van der Waals surface area (Å²) in [5.74, 6) is 0.720. The zero-order valence-corrected chi connectivity index (χ0v) is 10.7. The summed E-state index contributed by atoms with van der Waals surface area (Å²) < 4.78 is 1.09. The third kappa shape index (κ3) is 1.55. The lowest BCUT2D eigenvalue weighted by molar-refractivity contribution is -0.358. The van der Waals surface area contributed by atoms with Gasteiger partial charge >= 0.3 is 0 Å². The molecule has 0 aromatic carbocycles. The van der Waals surface area contributed by atoms with Crippen LogP contribution < -0.4 is 0 Å². The molecule has 0 spiro atoms. The van der Waals surface area contributed by atoms with E-state index in [-0.39, 0.29) is 5.92 Å². The molecule has 17 heavy (non-hydrogen) atoms. The molecule has 0 bridgehead atoms. The summed E-state index contributed by atoms with van der Waals surface area (Å²) in [5, 5.41) is 14.2. The minimum Gasteiger partial charge on any atom is -0.618 e. The topological polar surface area (TPSA) is 38.4 Å². The monoisotopic (exact) mass is 246 g/mol. The van der Waals surface area contributed by atoms with Crippen molar-refractivity contribution in [3.63, 3.8) is 0 Å². The Kier molecular flexibility index (Phi) is 2.40. The number of nitrogens with zero attached hydrogens (tertiary/aromatic N) is 2. The van der Waals surface area contributed by atoms with Crippen LogP contribution in [0.15, 0.2) is 22.6 Å². The van der Waals surface area contributed by atoms with E-state index in [2.05, 4.69) is 18.8 Å². The van der Waals surface area contributed by atoms with E-state index in [0.717, 1.165) is 33.0 Å². The lowest BCUT2D eigenvalue weighted by Gasteiger charge is -2.16. The van der Waals surface area contributed by atoms with E-state index < -0.39 is 0 Å². The number of fused-ring (bicyclic) bond motifs is 3. The summed E-state index contributed by atoms with van der Waals surface area (Å²) in [6.07, 6.45) is 4.70. The molecular weight excluding hydrogens is 232 g/mol. The van der Waals surface area contributed by atoms with E-state index in [4.69, 9.17) is 0 Å². The molecule has 3 rings (SSSR count).